The van der Waals surface area contributed by atoms with Gasteiger partial charge in [0, 0.05) is 11.3 Å². The van der Waals surface area contributed by atoms with E-state index in [2.05, 4.69) is 16.9 Å². The number of anilines is 1. The van der Waals surface area contributed by atoms with Crippen LogP contribution in [0.4, 0.5) is 5.82 Å². The molecule has 0 aromatic carbocycles. The lowest BCUT2D eigenvalue weighted by molar-refractivity contribution is 0.969. The summed E-state index contributed by atoms with van der Waals surface area (Å²) in [6, 6.07) is 2.04. The highest BCUT2D eigenvalue weighted by atomic mass is 32.1. The van der Waals surface area contributed by atoms with Crippen LogP contribution < -0.4 is 5.73 Å². The third-order valence-electron chi connectivity index (χ3n) is 1.91. The Hall–Kier alpha value is -1.16. The van der Waals surface area contributed by atoms with Gasteiger partial charge in [-0.3, -0.25) is 0 Å². The van der Waals surface area contributed by atoms with Gasteiger partial charge in [0.2, 0.25) is 0 Å². The zero-order valence-electron chi connectivity index (χ0n) is 7.66. The monoisotopic (exact) mass is 193 g/mol. The molecule has 0 spiro atoms. The average Bonchev–Trinajstić information content (AvgIpc) is 2.46. The molecule has 2 aromatic rings. The van der Waals surface area contributed by atoms with Gasteiger partial charge in [0.1, 0.15) is 16.5 Å². The number of nitrogens with two attached hydrogens (primary N) is 1. The van der Waals surface area contributed by atoms with E-state index in [0.717, 1.165) is 22.5 Å². The molecule has 0 aliphatic rings. The van der Waals surface area contributed by atoms with Crippen LogP contribution in [-0.2, 0) is 6.42 Å². The summed E-state index contributed by atoms with van der Waals surface area (Å²) in [5.74, 6) is 1.43. The number of fused-ring (bicyclic) bond motifs is 1. The summed E-state index contributed by atoms with van der Waals surface area (Å²) in [6.07, 6.45) is 0.830. The van der Waals surface area contributed by atoms with Crippen molar-refractivity contribution >= 4 is 27.4 Å². The van der Waals surface area contributed by atoms with Crippen molar-refractivity contribution in [1.29, 1.82) is 0 Å². The minimum Gasteiger partial charge on any atom is -0.383 e. The zero-order chi connectivity index (χ0) is 9.42. The van der Waals surface area contributed by atoms with Gasteiger partial charge in [-0.05, 0) is 13.0 Å². The quantitative estimate of drug-likeness (QED) is 0.755. The lowest BCUT2D eigenvalue weighted by Gasteiger charge is -1.98. The first-order chi connectivity index (χ1) is 6.20. The van der Waals surface area contributed by atoms with E-state index < -0.39 is 0 Å². The Morgan fingerprint density at radius 1 is 1.46 bits per heavy atom. The summed E-state index contributed by atoms with van der Waals surface area (Å²) >= 11 is 1.66. The lowest BCUT2D eigenvalue weighted by Crippen LogP contribution is -1.97. The number of rotatable bonds is 1. The number of nitrogens with zero attached hydrogens (tertiary/aromatic N) is 2. The minimum absolute atomic E-state index is 0.603. The summed E-state index contributed by atoms with van der Waals surface area (Å²) in [5.41, 5.74) is 5.80. The topological polar surface area (TPSA) is 51.8 Å². The zero-order valence-corrected chi connectivity index (χ0v) is 8.48. The van der Waals surface area contributed by atoms with E-state index in [9.17, 15) is 0 Å². The first kappa shape index (κ1) is 8.44. The third-order valence-corrected chi connectivity index (χ3v) is 2.85. The maximum atomic E-state index is 5.80. The average molecular weight is 193 g/mol. The van der Waals surface area contributed by atoms with Gasteiger partial charge in [-0.25, -0.2) is 9.97 Å². The van der Waals surface area contributed by atoms with Crippen LogP contribution in [0.5, 0.6) is 0 Å². The van der Waals surface area contributed by atoms with E-state index in [1.54, 1.807) is 11.3 Å². The highest BCUT2D eigenvalue weighted by Crippen LogP contribution is 2.26. The molecule has 0 atom stereocenters. The molecule has 0 bridgehead atoms. The molecule has 68 valence electrons. The Bertz CT molecular complexity index is 447. The van der Waals surface area contributed by atoms with Crippen molar-refractivity contribution in [2.45, 2.75) is 20.3 Å². The van der Waals surface area contributed by atoms with Crippen molar-refractivity contribution in [2.24, 2.45) is 0 Å². The van der Waals surface area contributed by atoms with Crippen molar-refractivity contribution in [3.8, 4) is 0 Å². The van der Waals surface area contributed by atoms with E-state index in [4.69, 9.17) is 5.73 Å². The molecule has 0 aliphatic heterocycles. The van der Waals surface area contributed by atoms with Gasteiger partial charge in [-0.15, -0.1) is 11.3 Å². The molecule has 2 rings (SSSR count). The van der Waals surface area contributed by atoms with Gasteiger partial charge in [-0.2, -0.15) is 0 Å². The number of nitrogen functional groups attached to an aromatic ring is 1. The standard InChI is InChI=1S/C9H11N3S/c1-3-7-11-8(10)6-4-5(2)13-9(6)12-7/h4H,3H2,1-2H3,(H2,10,11,12). The van der Waals surface area contributed by atoms with Crippen LogP contribution in [0.1, 0.15) is 17.6 Å². The lowest BCUT2D eigenvalue weighted by atomic mass is 10.3. The largest absolute Gasteiger partial charge is 0.383 e. The number of aryl methyl sites for hydroxylation is 2. The van der Waals surface area contributed by atoms with E-state index in [-0.39, 0.29) is 0 Å². The Morgan fingerprint density at radius 2 is 2.23 bits per heavy atom. The van der Waals surface area contributed by atoms with Crippen LogP contribution in [0.3, 0.4) is 0 Å². The van der Waals surface area contributed by atoms with Gasteiger partial charge in [0.05, 0.1) is 5.39 Å². The van der Waals surface area contributed by atoms with Gasteiger partial charge in [-0.1, -0.05) is 6.92 Å². The van der Waals surface area contributed by atoms with Crippen LogP contribution >= 0.6 is 11.3 Å². The van der Waals surface area contributed by atoms with Gasteiger partial charge < -0.3 is 5.73 Å². The van der Waals surface area contributed by atoms with Crippen LogP contribution in [0.15, 0.2) is 6.07 Å². The fourth-order valence-corrected chi connectivity index (χ4v) is 2.17. The van der Waals surface area contributed by atoms with Gasteiger partial charge >= 0.3 is 0 Å². The molecule has 0 aliphatic carbocycles. The molecule has 0 amide bonds. The summed E-state index contributed by atoms with van der Waals surface area (Å²) < 4.78 is 0. The molecule has 2 N–H and O–H groups in total. The molecular formula is C9H11N3S. The molecule has 3 nitrogen and oxygen atoms in total. The molecule has 13 heavy (non-hydrogen) atoms. The molecule has 0 unspecified atom stereocenters. The van der Waals surface area contributed by atoms with E-state index >= 15 is 0 Å². The van der Waals surface area contributed by atoms with Gasteiger partial charge in [0.15, 0.2) is 0 Å². The highest BCUT2D eigenvalue weighted by molar-refractivity contribution is 7.18. The van der Waals surface area contributed by atoms with Crippen LogP contribution in [0, 0.1) is 6.92 Å². The van der Waals surface area contributed by atoms with E-state index in [0.29, 0.717) is 5.82 Å². The fraction of sp³-hybridized carbons (Fsp3) is 0.333. The van der Waals surface area contributed by atoms with Crippen molar-refractivity contribution < 1.29 is 0 Å². The molecule has 0 fully saturated rings. The Morgan fingerprint density at radius 3 is 2.92 bits per heavy atom. The van der Waals surface area contributed by atoms with Crippen LogP contribution in [0.2, 0.25) is 0 Å². The summed E-state index contributed by atoms with van der Waals surface area (Å²) in [7, 11) is 0. The summed E-state index contributed by atoms with van der Waals surface area (Å²) in [6.45, 7) is 4.08. The van der Waals surface area contributed by atoms with Crippen LogP contribution in [-0.4, -0.2) is 9.97 Å². The number of hydrogen-bond acceptors (Lipinski definition) is 4. The molecule has 2 aromatic heterocycles. The molecule has 0 saturated heterocycles. The normalized spacial score (nSPS) is 10.9. The highest BCUT2D eigenvalue weighted by Gasteiger charge is 2.06. The maximum Gasteiger partial charge on any atom is 0.135 e. The first-order valence-electron chi connectivity index (χ1n) is 4.23. The number of thiophene rings is 1. The second-order valence-electron chi connectivity index (χ2n) is 2.95. The summed E-state index contributed by atoms with van der Waals surface area (Å²) in [4.78, 5) is 10.8. The van der Waals surface area contributed by atoms with Gasteiger partial charge in [0.25, 0.3) is 0 Å². The molecule has 2 heterocycles. The summed E-state index contributed by atoms with van der Waals surface area (Å²) in [5, 5.41) is 0.986. The fourth-order valence-electron chi connectivity index (χ4n) is 1.27. The molecular weight excluding hydrogens is 182 g/mol. The minimum atomic E-state index is 0.603. The predicted octanol–water partition coefficient (Wildman–Crippen LogP) is 2.14. The first-order valence-corrected chi connectivity index (χ1v) is 5.05. The predicted molar refractivity (Wildman–Crippen MR) is 55.9 cm³/mol. The van der Waals surface area contributed by atoms with E-state index in [1.165, 1.54) is 4.88 Å². The van der Waals surface area contributed by atoms with Crippen molar-refractivity contribution in [3.05, 3.63) is 16.8 Å². The van der Waals surface area contributed by atoms with Crippen molar-refractivity contribution in [2.75, 3.05) is 5.73 Å². The Balaban J connectivity index is 2.75. The SMILES string of the molecule is CCc1nc(N)c2cc(C)sc2n1. The number of hydrogen-bond donors (Lipinski definition) is 1. The second-order valence-corrected chi connectivity index (χ2v) is 4.19. The maximum absolute atomic E-state index is 5.80. The van der Waals surface area contributed by atoms with Crippen molar-refractivity contribution in [1.82, 2.24) is 9.97 Å². The molecule has 0 saturated carbocycles. The van der Waals surface area contributed by atoms with Crippen LogP contribution in [0.25, 0.3) is 10.2 Å². The Kier molecular flexibility index (Phi) is 1.92. The third kappa shape index (κ3) is 1.37. The second kappa shape index (κ2) is 2.96. The van der Waals surface area contributed by atoms with Crippen molar-refractivity contribution in [3.63, 3.8) is 0 Å². The Labute approximate surface area is 80.6 Å². The smallest absolute Gasteiger partial charge is 0.135 e. The molecule has 0 radical (unpaired) electrons. The number of aromatic nitrogens is 2. The van der Waals surface area contributed by atoms with E-state index in [1.807, 2.05) is 13.0 Å². The molecule has 4 heteroatoms.